The molecule has 0 spiro atoms. The largest absolute Gasteiger partial charge is 0.336 e. The summed E-state index contributed by atoms with van der Waals surface area (Å²) < 4.78 is 3.24. The van der Waals surface area contributed by atoms with E-state index in [1.165, 1.54) is 10.9 Å². The quantitative estimate of drug-likeness (QED) is 0.719. The zero-order valence-electron chi connectivity index (χ0n) is 13.8. The average Bonchev–Trinajstić information content (AvgIpc) is 3.30. The smallest absolute Gasteiger partial charge is 0.261 e. The van der Waals surface area contributed by atoms with Gasteiger partial charge in [-0.25, -0.2) is 4.98 Å². The summed E-state index contributed by atoms with van der Waals surface area (Å²) in [6, 6.07) is 9.18. The molecule has 3 aromatic rings. The van der Waals surface area contributed by atoms with Gasteiger partial charge in [-0.3, -0.25) is 18.8 Å². The molecule has 7 heteroatoms. The van der Waals surface area contributed by atoms with Crippen LogP contribution in [0.2, 0.25) is 0 Å². The number of nitrogens with zero attached hydrogens (tertiary/aromatic N) is 5. The highest BCUT2D eigenvalue weighted by Gasteiger charge is 2.29. The van der Waals surface area contributed by atoms with E-state index in [-0.39, 0.29) is 24.1 Å². The number of amides is 1. The van der Waals surface area contributed by atoms with Crippen molar-refractivity contribution in [3.63, 3.8) is 0 Å². The average molecular weight is 337 g/mol. The molecule has 2 aromatic heterocycles. The van der Waals surface area contributed by atoms with Crippen LogP contribution in [-0.4, -0.2) is 42.7 Å². The normalized spacial score (nSPS) is 17.3. The van der Waals surface area contributed by atoms with Crippen LogP contribution in [0.1, 0.15) is 12.8 Å². The van der Waals surface area contributed by atoms with Crippen molar-refractivity contribution in [1.29, 1.82) is 0 Å². The van der Waals surface area contributed by atoms with Crippen LogP contribution in [0.4, 0.5) is 0 Å². The highest BCUT2D eigenvalue weighted by molar-refractivity contribution is 5.79. The van der Waals surface area contributed by atoms with Crippen molar-refractivity contribution < 1.29 is 4.79 Å². The fourth-order valence-corrected chi connectivity index (χ4v) is 3.43. The Kier molecular flexibility index (Phi) is 4.05. The topological polar surface area (TPSA) is 73.0 Å². The number of carbonyl (C=O) groups excluding carboxylic acids is 1. The van der Waals surface area contributed by atoms with Gasteiger partial charge >= 0.3 is 0 Å². The molecule has 1 saturated heterocycles. The summed E-state index contributed by atoms with van der Waals surface area (Å²) in [5, 5.41) is 4.75. The van der Waals surface area contributed by atoms with Gasteiger partial charge < -0.3 is 4.90 Å². The Hall–Kier alpha value is -2.96. The molecule has 1 aliphatic rings. The van der Waals surface area contributed by atoms with E-state index < -0.39 is 0 Å². The Morgan fingerprint density at radius 1 is 1.24 bits per heavy atom. The lowest BCUT2D eigenvalue weighted by atomic mass is 10.2. The fourth-order valence-electron chi connectivity index (χ4n) is 3.43. The Bertz CT molecular complexity index is 948. The van der Waals surface area contributed by atoms with Gasteiger partial charge in [0.1, 0.15) is 6.54 Å². The number of fused-ring (bicyclic) bond motifs is 1. The van der Waals surface area contributed by atoms with E-state index in [1.807, 2.05) is 27.9 Å². The lowest BCUT2D eigenvalue weighted by Gasteiger charge is -2.25. The molecule has 1 aliphatic heterocycles. The van der Waals surface area contributed by atoms with Crippen LogP contribution in [0.3, 0.4) is 0 Å². The van der Waals surface area contributed by atoms with Crippen LogP contribution >= 0.6 is 0 Å². The molecule has 0 unspecified atom stereocenters. The van der Waals surface area contributed by atoms with Crippen LogP contribution in [0, 0.1) is 0 Å². The molecule has 3 heterocycles. The second kappa shape index (κ2) is 6.51. The van der Waals surface area contributed by atoms with E-state index in [0.29, 0.717) is 17.4 Å². The molecule has 25 heavy (non-hydrogen) atoms. The maximum Gasteiger partial charge on any atom is 0.261 e. The first-order valence-corrected chi connectivity index (χ1v) is 8.43. The number of rotatable bonds is 4. The summed E-state index contributed by atoms with van der Waals surface area (Å²) in [5.41, 5.74) is 0.468. The van der Waals surface area contributed by atoms with Gasteiger partial charge in [0.15, 0.2) is 0 Å². The monoisotopic (exact) mass is 337 g/mol. The van der Waals surface area contributed by atoms with E-state index in [1.54, 1.807) is 24.4 Å². The SMILES string of the molecule is O=C(Cn1cnc2ccccc2c1=O)N1CCC[C@H]1Cn1cccn1. The van der Waals surface area contributed by atoms with Crippen molar-refractivity contribution >= 4 is 16.8 Å². The van der Waals surface area contributed by atoms with Gasteiger partial charge in [-0.1, -0.05) is 12.1 Å². The first-order chi connectivity index (χ1) is 12.2. The third-order valence-corrected chi connectivity index (χ3v) is 4.69. The lowest BCUT2D eigenvalue weighted by molar-refractivity contribution is -0.133. The van der Waals surface area contributed by atoms with E-state index >= 15 is 0 Å². The molecule has 1 fully saturated rings. The van der Waals surface area contributed by atoms with Gasteiger partial charge in [0.25, 0.3) is 5.56 Å². The molecule has 7 nitrogen and oxygen atoms in total. The van der Waals surface area contributed by atoms with Crippen LogP contribution < -0.4 is 5.56 Å². The van der Waals surface area contributed by atoms with Gasteiger partial charge in [-0.05, 0) is 31.0 Å². The Labute approximate surface area is 144 Å². The Balaban J connectivity index is 1.53. The lowest BCUT2D eigenvalue weighted by Crippen LogP contribution is -2.41. The number of hydrogen-bond acceptors (Lipinski definition) is 4. The summed E-state index contributed by atoms with van der Waals surface area (Å²) in [6.07, 6.45) is 7.03. The van der Waals surface area contributed by atoms with Crippen molar-refractivity contribution in [2.24, 2.45) is 0 Å². The van der Waals surface area contributed by atoms with Gasteiger partial charge in [-0.2, -0.15) is 5.10 Å². The molecule has 0 saturated carbocycles. The molecule has 0 N–H and O–H groups in total. The molecule has 0 bridgehead atoms. The zero-order chi connectivity index (χ0) is 17.2. The second-order valence-electron chi connectivity index (χ2n) is 6.31. The number of aromatic nitrogens is 4. The van der Waals surface area contributed by atoms with Crippen LogP contribution in [0.5, 0.6) is 0 Å². The van der Waals surface area contributed by atoms with E-state index in [0.717, 1.165) is 19.4 Å². The van der Waals surface area contributed by atoms with Crippen LogP contribution in [0.25, 0.3) is 10.9 Å². The first-order valence-electron chi connectivity index (χ1n) is 8.43. The molecule has 0 radical (unpaired) electrons. The predicted octanol–water partition coefficient (Wildman–Crippen LogP) is 1.28. The fraction of sp³-hybridized carbons (Fsp3) is 0.333. The first kappa shape index (κ1) is 15.6. The molecule has 128 valence electrons. The molecule has 0 aliphatic carbocycles. The number of para-hydroxylation sites is 1. The molecular formula is C18H19N5O2. The zero-order valence-corrected chi connectivity index (χ0v) is 13.8. The molecule has 1 atom stereocenters. The van der Waals surface area contributed by atoms with Crippen molar-refractivity contribution in [1.82, 2.24) is 24.2 Å². The summed E-state index contributed by atoms with van der Waals surface area (Å²) in [4.78, 5) is 31.4. The maximum absolute atomic E-state index is 12.8. The summed E-state index contributed by atoms with van der Waals surface area (Å²) in [6.45, 7) is 1.43. The molecule has 1 aromatic carbocycles. The van der Waals surface area contributed by atoms with Crippen LogP contribution in [0.15, 0.2) is 53.8 Å². The Morgan fingerprint density at radius 2 is 2.12 bits per heavy atom. The predicted molar refractivity (Wildman–Crippen MR) is 93.0 cm³/mol. The number of carbonyl (C=O) groups is 1. The second-order valence-corrected chi connectivity index (χ2v) is 6.31. The van der Waals surface area contributed by atoms with Crippen molar-refractivity contribution in [3.05, 3.63) is 59.4 Å². The minimum atomic E-state index is -0.179. The van der Waals surface area contributed by atoms with Crippen molar-refractivity contribution in [2.45, 2.75) is 32.0 Å². The van der Waals surface area contributed by atoms with Gasteiger partial charge in [0.2, 0.25) is 5.91 Å². The third-order valence-electron chi connectivity index (χ3n) is 4.69. The van der Waals surface area contributed by atoms with Crippen LogP contribution in [-0.2, 0) is 17.9 Å². The molecule has 1 amide bonds. The number of likely N-dealkylation sites (tertiary alicyclic amines) is 1. The highest BCUT2D eigenvalue weighted by Crippen LogP contribution is 2.19. The van der Waals surface area contributed by atoms with Gasteiger partial charge in [0.05, 0.1) is 29.8 Å². The Morgan fingerprint density at radius 3 is 2.96 bits per heavy atom. The standard InChI is InChI=1S/C18H19N5O2/c24-17(23-10-3-5-14(23)11-22-9-4-8-20-22)12-21-13-19-16-7-2-1-6-15(16)18(21)25/h1-2,4,6-9,13-14H,3,5,10-12H2/t14-/m0/s1. The molecular weight excluding hydrogens is 318 g/mol. The maximum atomic E-state index is 12.8. The summed E-state index contributed by atoms with van der Waals surface area (Å²) in [7, 11) is 0. The van der Waals surface area contributed by atoms with Gasteiger partial charge in [0, 0.05) is 18.9 Å². The number of benzene rings is 1. The van der Waals surface area contributed by atoms with Gasteiger partial charge in [-0.15, -0.1) is 0 Å². The molecule has 4 rings (SSSR count). The van der Waals surface area contributed by atoms with E-state index in [4.69, 9.17) is 0 Å². The summed E-state index contributed by atoms with van der Waals surface area (Å²) >= 11 is 0. The minimum absolute atomic E-state index is 0.0201. The highest BCUT2D eigenvalue weighted by atomic mass is 16.2. The minimum Gasteiger partial charge on any atom is -0.336 e. The van der Waals surface area contributed by atoms with Crippen molar-refractivity contribution in [2.75, 3.05) is 6.54 Å². The number of hydrogen-bond donors (Lipinski definition) is 0. The third kappa shape index (κ3) is 3.05. The van der Waals surface area contributed by atoms with Crippen molar-refractivity contribution in [3.8, 4) is 0 Å². The van der Waals surface area contributed by atoms with E-state index in [2.05, 4.69) is 10.1 Å². The summed E-state index contributed by atoms with van der Waals surface area (Å²) in [5.74, 6) is -0.0474. The van der Waals surface area contributed by atoms with E-state index in [9.17, 15) is 9.59 Å².